The summed E-state index contributed by atoms with van der Waals surface area (Å²) in [7, 11) is 0. The molecule has 1 saturated carbocycles. The van der Waals surface area contributed by atoms with E-state index in [-0.39, 0.29) is 0 Å². The van der Waals surface area contributed by atoms with Crippen LogP contribution in [0, 0.1) is 11.3 Å². The summed E-state index contributed by atoms with van der Waals surface area (Å²) in [4.78, 5) is 2.53. The number of rotatable bonds is 6. The fourth-order valence-corrected chi connectivity index (χ4v) is 3.30. The largest absolute Gasteiger partial charge is 0.396 e. The van der Waals surface area contributed by atoms with Gasteiger partial charge in [-0.1, -0.05) is 0 Å². The van der Waals surface area contributed by atoms with Crippen LogP contribution in [0.3, 0.4) is 0 Å². The quantitative estimate of drug-likeness (QED) is 0.723. The van der Waals surface area contributed by atoms with Crippen molar-refractivity contribution < 1.29 is 9.84 Å². The number of nitrogens with one attached hydrogen (secondary N) is 1. The van der Waals surface area contributed by atoms with E-state index in [1.165, 1.54) is 19.3 Å². The summed E-state index contributed by atoms with van der Waals surface area (Å²) in [5.41, 5.74) is 0.326. The minimum Gasteiger partial charge on any atom is -0.396 e. The predicted octanol–water partition coefficient (Wildman–Crippen LogP) is 0.459. The maximum Gasteiger partial charge on any atom is 0.0547 e. The summed E-state index contributed by atoms with van der Waals surface area (Å²) >= 11 is 0. The van der Waals surface area contributed by atoms with Crippen LogP contribution in [0.2, 0.25) is 0 Å². The van der Waals surface area contributed by atoms with Gasteiger partial charge in [0.05, 0.1) is 6.61 Å². The second-order valence-electron chi connectivity index (χ2n) is 6.53. The van der Waals surface area contributed by atoms with Gasteiger partial charge >= 0.3 is 0 Å². The Balaban J connectivity index is 1.52. The maximum absolute atomic E-state index is 9.23. The van der Waals surface area contributed by atoms with Gasteiger partial charge in [-0.3, -0.25) is 0 Å². The molecule has 2 atom stereocenters. The molecule has 104 valence electrons. The molecule has 2 heterocycles. The number of nitrogens with zero attached hydrogens (tertiary/aromatic N) is 1. The van der Waals surface area contributed by atoms with E-state index in [0.29, 0.717) is 17.9 Å². The van der Waals surface area contributed by atoms with Crippen LogP contribution >= 0.6 is 0 Å². The van der Waals surface area contributed by atoms with E-state index >= 15 is 0 Å². The molecule has 0 spiro atoms. The van der Waals surface area contributed by atoms with E-state index in [9.17, 15) is 5.11 Å². The first-order valence-corrected chi connectivity index (χ1v) is 7.44. The SMILES string of the molecule is OCC1CCN(CC2(CNC3CC3)CCOC2)C1. The van der Waals surface area contributed by atoms with Gasteiger partial charge < -0.3 is 20.1 Å². The molecule has 3 fully saturated rings. The van der Waals surface area contributed by atoms with Gasteiger partial charge in [0.25, 0.3) is 0 Å². The number of aliphatic hydroxyl groups is 1. The molecule has 0 aromatic rings. The van der Waals surface area contributed by atoms with E-state index in [4.69, 9.17) is 4.74 Å². The lowest BCUT2D eigenvalue weighted by Gasteiger charge is -2.32. The van der Waals surface area contributed by atoms with Crippen molar-refractivity contribution in [3.8, 4) is 0 Å². The third kappa shape index (κ3) is 3.05. The number of likely N-dealkylation sites (tertiary alicyclic amines) is 1. The molecule has 4 nitrogen and oxygen atoms in total. The van der Waals surface area contributed by atoms with Crippen molar-refractivity contribution in [3.63, 3.8) is 0 Å². The Labute approximate surface area is 110 Å². The lowest BCUT2D eigenvalue weighted by atomic mass is 9.86. The molecule has 3 rings (SSSR count). The van der Waals surface area contributed by atoms with Crippen molar-refractivity contribution >= 4 is 0 Å². The van der Waals surface area contributed by atoms with Gasteiger partial charge in [0, 0.05) is 44.3 Å². The van der Waals surface area contributed by atoms with Gasteiger partial charge in [0.15, 0.2) is 0 Å². The number of aliphatic hydroxyl groups excluding tert-OH is 1. The van der Waals surface area contributed by atoms with E-state index < -0.39 is 0 Å². The van der Waals surface area contributed by atoms with Gasteiger partial charge in [-0.2, -0.15) is 0 Å². The molecule has 2 aliphatic heterocycles. The second kappa shape index (κ2) is 5.45. The highest BCUT2D eigenvalue weighted by Gasteiger charge is 2.39. The standard InChI is InChI=1S/C14H26N2O2/c17-8-12-3-5-16(7-12)10-14(4-6-18-11-14)9-15-13-1-2-13/h12-13,15,17H,1-11H2. The minimum absolute atomic E-state index is 0.326. The topological polar surface area (TPSA) is 44.7 Å². The van der Waals surface area contributed by atoms with Gasteiger partial charge in [-0.15, -0.1) is 0 Å². The molecule has 2 N–H and O–H groups in total. The van der Waals surface area contributed by atoms with E-state index in [1.807, 2.05) is 0 Å². The average Bonchev–Trinajstić information content (AvgIpc) is 2.93. The fraction of sp³-hybridized carbons (Fsp3) is 1.00. The first-order chi connectivity index (χ1) is 8.80. The van der Waals surface area contributed by atoms with Crippen LogP contribution in [-0.2, 0) is 4.74 Å². The molecule has 0 aromatic carbocycles. The highest BCUT2D eigenvalue weighted by atomic mass is 16.5. The van der Waals surface area contributed by atoms with Crippen LogP contribution in [0.4, 0.5) is 0 Å². The van der Waals surface area contributed by atoms with Gasteiger partial charge in [-0.05, 0) is 38.1 Å². The first kappa shape index (κ1) is 12.9. The van der Waals surface area contributed by atoms with Crippen LogP contribution in [0.15, 0.2) is 0 Å². The molecule has 0 amide bonds. The molecular formula is C14H26N2O2. The zero-order valence-electron chi connectivity index (χ0n) is 11.2. The van der Waals surface area contributed by atoms with Gasteiger partial charge in [0.2, 0.25) is 0 Å². The molecule has 0 aromatic heterocycles. The zero-order chi connectivity index (χ0) is 12.4. The van der Waals surface area contributed by atoms with Crippen molar-refractivity contribution in [1.29, 1.82) is 0 Å². The van der Waals surface area contributed by atoms with Crippen molar-refractivity contribution in [2.75, 3.05) is 46.0 Å². The summed E-state index contributed by atoms with van der Waals surface area (Å²) in [5.74, 6) is 0.501. The van der Waals surface area contributed by atoms with Gasteiger partial charge in [0.1, 0.15) is 0 Å². The summed E-state index contributed by atoms with van der Waals surface area (Å²) in [6, 6.07) is 0.784. The number of ether oxygens (including phenoxy) is 1. The van der Waals surface area contributed by atoms with Crippen LogP contribution in [0.1, 0.15) is 25.7 Å². The molecule has 2 unspecified atom stereocenters. The molecule has 18 heavy (non-hydrogen) atoms. The Bertz CT molecular complexity index is 275. The predicted molar refractivity (Wildman–Crippen MR) is 70.5 cm³/mol. The molecular weight excluding hydrogens is 228 g/mol. The molecule has 0 bridgehead atoms. The molecule has 3 aliphatic rings. The third-order valence-electron chi connectivity index (χ3n) is 4.72. The third-order valence-corrected chi connectivity index (χ3v) is 4.72. The molecule has 1 aliphatic carbocycles. The highest BCUT2D eigenvalue weighted by Crippen LogP contribution is 2.32. The van der Waals surface area contributed by atoms with Crippen molar-refractivity contribution in [3.05, 3.63) is 0 Å². The molecule has 4 heteroatoms. The summed E-state index contributed by atoms with van der Waals surface area (Å²) in [6.45, 7) is 6.65. The number of hydrogen-bond donors (Lipinski definition) is 2. The summed E-state index contributed by atoms with van der Waals surface area (Å²) in [5, 5.41) is 12.9. The molecule has 2 saturated heterocycles. The Hall–Kier alpha value is -0.160. The second-order valence-corrected chi connectivity index (χ2v) is 6.53. The van der Waals surface area contributed by atoms with Crippen molar-refractivity contribution in [2.45, 2.75) is 31.7 Å². The van der Waals surface area contributed by atoms with Crippen LogP contribution in [0.5, 0.6) is 0 Å². The zero-order valence-corrected chi connectivity index (χ0v) is 11.2. The van der Waals surface area contributed by atoms with Crippen molar-refractivity contribution in [1.82, 2.24) is 10.2 Å². The van der Waals surface area contributed by atoms with Crippen molar-refractivity contribution in [2.24, 2.45) is 11.3 Å². The Kier molecular flexibility index (Phi) is 3.89. The maximum atomic E-state index is 9.23. The van der Waals surface area contributed by atoms with Crippen LogP contribution < -0.4 is 5.32 Å². The monoisotopic (exact) mass is 254 g/mol. The van der Waals surface area contributed by atoms with Crippen LogP contribution in [0.25, 0.3) is 0 Å². The Morgan fingerprint density at radius 2 is 2.22 bits per heavy atom. The lowest BCUT2D eigenvalue weighted by molar-refractivity contribution is 0.114. The molecule has 0 radical (unpaired) electrons. The fourth-order valence-electron chi connectivity index (χ4n) is 3.30. The number of hydrogen-bond acceptors (Lipinski definition) is 4. The van der Waals surface area contributed by atoms with Crippen LogP contribution in [-0.4, -0.2) is 62.0 Å². The van der Waals surface area contributed by atoms with E-state index in [1.54, 1.807) is 0 Å². The van der Waals surface area contributed by atoms with E-state index in [2.05, 4.69) is 10.2 Å². The van der Waals surface area contributed by atoms with E-state index in [0.717, 1.165) is 51.9 Å². The normalized spacial score (nSPS) is 37.5. The summed E-state index contributed by atoms with van der Waals surface area (Å²) in [6.07, 6.45) is 5.05. The Morgan fingerprint density at radius 3 is 2.83 bits per heavy atom. The smallest absolute Gasteiger partial charge is 0.0547 e. The average molecular weight is 254 g/mol. The Morgan fingerprint density at radius 1 is 1.33 bits per heavy atom. The van der Waals surface area contributed by atoms with Gasteiger partial charge in [-0.25, -0.2) is 0 Å². The highest BCUT2D eigenvalue weighted by molar-refractivity contribution is 4.93. The summed E-state index contributed by atoms with van der Waals surface area (Å²) < 4.78 is 5.66. The lowest BCUT2D eigenvalue weighted by Crippen LogP contribution is -2.44. The first-order valence-electron chi connectivity index (χ1n) is 7.44. The minimum atomic E-state index is 0.326.